The van der Waals surface area contributed by atoms with Crippen LogP contribution in [0.1, 0.15) is 43.9 Å². The number of pyridine rings is 2. The number of aryl methyl sites for hydroxylation is 2. The molecule has 0 aliphatic carbocycles. The molecule has 4 rings (SSSR count). The Balaban J connectivity index is 1.63. The third kappa shape index (κ3) is 4.22. The van der Waals surface area contributed by atoms with Gasteiger partial charge in [-0.25, -0.2) is 19.6 Å². The second-order valence-corrected chi connectivity index (χ2v) is 8.02. The second kappa shape index (κ2) is 9.23. The highest BCUT2D eigenvalue weighted by Crippen LogP contribution is 2.28. The summed E-state index contributed by atoms with van der Waals surface area (Å²) < 4.78 is 10.8. The summed E-state index contributed by atoms with van der Waals surface area (Å²) in [6.45, 7) is 5.42. The molecule has 0 aliphatic heterocycles. The molecule has 0 N–H and O–H groups in total. The van der Waals surface area contributed by atoms with Gasteiger partial charge < -0.3 is 9.47 Å². The summed E-state index contributed by atoms with van der Waals surface area (Å²) in [6.07, 6.45) is 1.68. The van der Waals surface area contributed by atoms with Gasteiger partial charge in [0.1, 0.15) is 16.5 Å². The molecule has 162 valence electrons. The molecule has 7 nitrogen and oxygen atoms in total. The Morgan fingerprint density at radius 1 is 0.969 bits per heavy atom. The first-order valence-corrected chi connectivity index (χ1v) is 10.9. The van der Waals surface area contributed by atoms with E-state index in [1.54, 1.807) is 20.0 Å². The average molecular weight is 448 g/mol. The maximum Gasteiger partial charge on any atom is 0.350 e. The van der Waals surface area contributed by atoms with Crippen molar-refractivity contribution in [2.75, 3.05) is 6.61 Å². The number of benzene rings is 1. The van der Waals surface area contributed by atoms with Crippen LogP contribution in [0.4, 0.5) is 0 Å². The van der Waals surface area contributed by atoms with Gasteiger partial charge in [0.05, 0.1) is 34.8 Å². The molecule has 0 aliphatic rings. The van der Waals surface area contributed by atoms with Gasteiger partial charge in [0.25, 0.3) is 0 Å². The van der Waals surface area contributed by atoms with Gasteiger partial charge in [0.15, 0.2) is 0 Å². The molecule has 32 heavy (non-hydrogen) atoms. The number of carbonyl (C=O) groups excluding carboxylic acids is 2. The van der Waals surface area contributed by atoms with Crippen molar-refractivity contribution in [1.82, 2.24) is 15.0 Å². The van der Waals surface area contributed by atoms with Gasteiger partial charge >= 0.3 is 11.9 Å². The number of thiazole rings is 1. The number of ether oxygens (including phenoxy) is 2. The monoisotopic (exact) mass is 447 g/mol. The molecule has 8 heteroatoms. The number of carbonyl (C=O) groups is 2. The molecule has 0 atom stereocenters. The fraction of sp³-hybridized carbons (Fsp3) is 0.208. The minimum Gasteiger partial charge on any atom is -0.462 e. The van der Waals surface area contributed by atoms with Crippen LogP contribution in [0.15, 0.2) is 48.7 Å². The molecule has 0 amide bonds. The van der Waals surface area contributed by atoms with E-state index in [4.69, 9.17) is 9.47 Å². The Kier molecular flexibility index (Phi) is 6.23. The highest BCUT2D eigenvalue weighted by molar-refractivity contribution is 7.17. The summed E-state index contributed by atoms with van der Waals surface area (Å²) in [5.74, 6) is -1.01. The van der Waals surface area contributed by atoms with Crippen LogP contribution in [0.2, 0.25) is 0 Å². The van der Waals surface area contributed by atoms with Crippen molar-refractivity contribution in [3.63, 3.8) is 0 Å². The first-order chi connectivity index (χ1) is 15.5. The van der Waals surface area contributed by atoms with Crippen molar-refractivity contribution < 1.29 is 19.1 Å². The first-order valence-electron chi connectivity index (χ1n) is 10.1. The van der Waals surface area contributed by atoms with Gasteiger partial charge in [-0.15, -0.1) is 11.3 Å². The molecule has 3 aromatic heterocycles. The van der Waals surface area contributed by atoms with Crippen LogP contribution < -0.4 is 0 Å². The van der Waals surface area contributed by atoms with Crippen LogP contribution in [-0.2, 0) is 16.1 Å². The Bertz CT molecular complexity index is 1300. The van der Waals surface area contributed by atoms with Gasteiger partial charge in [0.2, 0.25) is 0 Å². The van der Waals surface area contributed by atoms with Crippen molar-refractivity contribution in [1.29, 1.82) is 0 Å². The highest BCUT2D eigenvalue weighted by Gasteiger charge is 2.23. The Hall–Kier alpha value is -3.65. The summed E-state index contributed by atoms with van der Waals surface area (Å²) in [5.41, 5.74) is 3.40. The SMILES string of the molecule is CCOC(=O)c1c(COC(=O)c2sc(-c3ccccn3)nc2C)nc2ccccc2c1C. The van der Waals surface area contributed by atoms with Crippen molar-refractivity contribution in [3.8, 4) is 10.7 Å². The molecule has 0 spiro atoms. The van der Waals surface area contributed by atoms with E-state index < -0.39 is 11.9 Å². The van der Waals surface area contributed by atoms with E-state index in [1.165, 1.54) is 11.3 Å². The second-order valence-electron chi connectivity index (χ2n) is 7.02. The van der Waals surface area contributed by atoms with Crippen LogP contribution in [0.5, 0.6) is 0 Å². The Morgan fingerprint density at radius 2 is 1.75 bits per heavy atom. The van der Waals surface area contributed by atoms with Crippen molar-refractivity contribution in [3.05, 3.63) is 76.1 Å². The molecule has 0 saturated carbocycles. The lowest BCUT2D eigenvalue weighted by Gasteiger charge is -2.14. The molecule has 0 fully saturated rings. The van der Waals surface area contributed by atoms with E-state index in [-0.39, 0.29) is 13.2 Å². The lowest BCUT2D eigenvalue weighted by atomic mass is 10.0. The highest BCUT2D eigenvalue weighted by atomic mass is 32.1. The number of fused-ring (bicyclic) bond motifs is 1. The zero-order chi connectivity index (χ0) is 22.7. The fourth-order valence-electron chi connectivity index (χ4n) is 3.40. The molecule has 0 saturated heterocycles. The van der Waals surface area contributed by atoms with E-state index in [1.807, 2.05) is 49.4 Å². The number of nitrogens with zero attached hydrogens (tertiary/aromatic N) is 3. The lowest BCUT2D eigenvalue weighted by Crippen LogP contribution is -2.15. The van der Waals surface area contributed by atoms with E-state index in [9.17, 15) is 9.59 Å². The topological polar surface area (TPSA) is 91.3 Å². The van der Waals surface area contributed by atoms with Gasteiger partial charge in [0, 0.05) is 11.6 Å². The molecule has 0 radical (unpaired) electrons. The summed E-state index contributed by atoms with van der Waals surface area (Å²) in [4.78, 5) is 39.2. The number of rotatable bonds is 6. The van der Waals surface area contributed by atoms with Crippen molar-refractivity contribution >= 4 is 34.2 Å². The van der Waals surface area contributed by atoms with Crippen molar-refractivity contribution in [2.45, 2.75) is 27.4 Å². The quantitative estimate of drug-likeness (QED) is 0.388. The number of hydrogen-bond acceptors (Lipinski definition) is 8. The first kappa shape index (κ1) is 21.6. The maximum atomic E-state index is 12.8. The lowest BCUT2D eigenvalue weighted by molar-refractivity contribution is 0.0448. The minimum absolute atomic E-state index is 0.158. The fourth-order valence-corrected chi connectivity index (χ4v) is 4.34. The number of esters is 2. The van der Waals surface area contributed by atoms with Gasteiger partial charge in [-0.2, -0.15) is 0 Å². The number of aromatic nitrogens is 3. The summed E-state index contributed by atoms with van der Waals surface area (Å²) >= 11 is 1.22. The van der Waals surface area contributed by atoms with Crippen LogP contribution >= 0.6 is 11.3 Å². The van der Waals surface area contributed by atoms with Gasteiger partial charge in [-0.1, -0.05) is 24.3 Å². The predicted molar refractivity (Wildman–Crippen MR) is 122 cm³/mol. The summed E-state index contributed by atoms with van der Waals surface area (Å²) in [6, 6.07) is 13.0. The number of hydrogen-bond donors (Lipinski definition) is 0. The zero-order valence-electron chi connectivity index (χ0n) is 17.9. The molecule has 3 heterocycles. The molecule has 1 aromatic carbocycles. The largest absolute Gasteiger partial charge is 0.462 e. The van der Waals surface area contributed by atoms with E-state index in [2.05, 4.69) is 15.0 Å². The molecular weight excluding hydrogens is 426 g/mol. The predicted octanol–water partition coefficient (Wildman–Crippen LogP) is 4.90. The zero-order valence-corrected chi connectivity index (χ0v) is 18.7. The molecule has 0 unspecified atom stereocenters. The third-order valence-electron chi connectivity index (χ3n) is 4.91. The standard InChI is InChI=1S/C24H21N3O4S/c1-4-30-23(28)20-14(2)16-9-5-6-10-17(16)27-19(20)13-31-24(29)21-15(3)26-22(32-21)18-11-7-8-12-25-18/h5-12H,4,13H2,1-3H3. The molecule has 4 aromatic rings. The maximum absolute atomic E-state index is 12.8. The molecule has 0 bridgehead atoms. The summed E-state index contributed by atoms with van der Waals surface area (Å²) in [5, 5.41) is 1.49. The molecular formula is C24H21N3O4S. The van der Waals surface area contributed by atoms with E-state index in [0.717, 1.165) is 16.5 Å². The van der Waals surface area contributed by atoms with Crippen LogP contribution in [0.3, 0.4) is 0 Å². The smallest absolute Gasteiger partial charge is 0.350 e. The minimum atomic E-state index is -0.524. The van der Waals surface area contributed by atoms with Gasteiger partial charge in [-0.05, 0) is 44.5 Å². The Labute approximate surface area is 189 Å². The number of para-hydroxylation sites is 1. The van der Waals surface area contributed by atoms with Gasteiger partial charge in [-0.3, -0.25) is 4.98 Å². The normalized spacial score (nSPS) is 10.8. The van der Waals surface area contributed by atoms with E-state index >= 15 is 0 Å². The third-order valence-corrected chi connectivity index (χ3v) is 6.07. The Morgan fingerprint density at radius 3 is 2.50 bits per heavy atom. The van der Waals surface area contributed by atoms with Crippen LogP contribution in [0.25, 0.3) is 21.6 Å². The van der Waals surface area contributed by atoms with Crippen molar-refractivity contribution in [2.24, 2.45) is 0 Å². The van der Waals surface area contributed by atoms with Crippen LogP contribution in [-0.4, -0.2) is 33.5 Å². The van der Waals surface area contributed by atoms with E-state index in [0.29, 0.717) is 32.5 Å². The van der Waals surface area contributed by atoms with Crippen LogP contribution in [0, 0.1) is 13.8 Å². The summed E-state index contributed by atoms with van der Waals surface area (Å²) in [7, 11) is 0. The average Bonchev–Trinajstić information content (AvgIpc) is 3.20.